The van der Waals surface area contributed by atoms with Gasteiger partial charge in [0.05, 0.1) is 12.6 Å². The molecular weight excluding hydrogens is 322 g/mol. The van der Waals surface area contributed by atoms with Gasteiger partial charge in [0.25, 0.3) is 0 Å². The number of nitrogens with one attached hydrogen (secondary N) is 2. The zero-order valence-corrected chi connectivity index (χ0v) is 17.0. The van der Waals surface area contributed by atoms with Crippen molar-refractivity contribution in [1.29, 1.82) is 0 Å². The molecule has 5 nitrogen and oxygen atoms in total. The van der Waals surface area contributed by atoms with Crippen molar-refractivity contribution in [3.63, 3.8) is 0 Å². The molecule has 0 aliphatic carbocycles. The molecule has 1 heterocycles. The van der Waals surface area contributed by atoms with Crippen molar-refractivity contribution in [2.45, 2.75) is 33.2 Å². The average Bonchev–Trinajstić information content (AvgIpc) is 3.09. The van der Waals surface area contributed by atoms with E-state index in [4.69, 9.17) is 4.99 Å². The number of rotatable bonds is 9. The van der Waals surface area contributed by atoms with Crippen LogP contribution in [0.3, 0.4) is 0 Å². The van der Waals surface area contributed by atoms with E-state index in [1.807, 2.05) is 0 Å². The maximum Gasteiger partial charge on any atom is 0.191 e. The van der Waals surface area contributed by atoms with Gasteiger partial charge in [0.1, 0.15) is 0 Å². The predicted molar refractivity (Wildman–Crippen MR) is 112 cm³/mol. The molecule has 26 heavy (non-hydrogen) atoms. The van der Waals surface area contributed by atoms with E-state index in [0.717, 1.165) is 44.6 Å². The summed E-state index contributed by atoms with van der Waals surface area (Å²) in [6.07, 6.45) is 1.27. The van der Waals surface area contributed by atoms with Gasteiger partial charge in [0.15, 0.2) is 5.96 Å². The van der Waals surface area contributed by atoms with Gasteiger partial charge in [0.2, 0.25) is 0 Å². The quantitative estimate of drug-likeness (QED) is 0.525. The number of guanidine groups is 1. The first-order chi connectivity index (χ1) is 12.7. The van der Waals surface area contributed by atoms with Crippen LogP contribution in [-0.4, -0.2) is 68.6 Å². The molecule has 2 N–H and O–H groups in total. The van der Waals surface area contributed by atoms with Crippen LogP contribution in [0.1, 0.15) is 38.8 Å². The molecule has 1 aromatic carbocycles. The van der Waals surface area contributed by atoms with Gasteiger partial charge in [-0.2, -0.15) is 0 Å². The molecule has 146 valence electrons. The van der Waals surface area contributed by atoms with Gasteiger partial charge >= 0.3 is 0 Å². The Kier molecular flexibility index (Phi) is 8.92. The smallest absolute Gasteiger partial charge is 0.191 e. The summed E-state index contributed by atoms with van der Waals surface area (Å²) in [6, 6.07) is 11.1. The van der Waals surface area contributed by atoms with Crippen molar-refractivity contribution >= 4 is 5.96 Å². The van der Waals surface area contributed by atoms with E-state index in [1.165, 1.54) is 25.1 Å². The van der Waals surface area contributed by atoms with Crippen LogP contribution >= 0.6 is 0 Å². The highest BCUT2D eigenvalue weighted by atomic mass is 15.2. The summed E-state index contributed by atoms with van der Waals surface area (Å²) in [6.45, 7) is 13.7. The Labute approximate surface area is 159 Å². The van der Waals surface area contributed by atoms with Crippen LogP contribution in [-0.2, 0) is 0 Å². The summed E-state index contributed by atoms with van der Waals surface area (Å²) >= 11 is 0. The predicted octanol–water partition coefficient (Wildman–Crippen LogP) is 2.58. The summed E-state index contributed by atoms with van der Waals surface area (Å²) in [5.41, 5.74) is 1.34. The molecule has 0 bridgehead atoms. The number of likely N-dealkylation sites (N-methyl/N-ethyl adjacent to an activating group) is 1. The number of benzene rings is 1. The van der Waals surface area contributed by atoms with E-state index in [2.05, 4.69) is 78.6 Å². The first-order valence-corrected chi connectivity index (χ1v) is 10.2. The molecule has 1 fully saturated rings. The first-order valence-electron chi connectivity index (χ1n) is 10.2. The minimum absolute atomic E-state index is 0.319. The molecule has 1 saturated heterocycles. The lowest BCUT2D eigenvalue weighted by Crippen LogP contribution is -2.41. The normalized spacial score (nSPS) is 19.7. The molecule has 1 aromatic rings. The van der Waals surface area contributed by atoms with Crippen LogP contribution in [0.4, 0.5) is 0 Å². The van der Waals surface area contributed by atoms with Gasteiger partial charge in [-0.25, -0.2) is 0 Å². The molecule has 2 rings (SSSR count). The molecule has 0 amide bonds. The lowest BCUT2D eigenvalue weighted by molar-refractivity contribution is 0.224. The zero-order chi connectivity index (χ0) is 18.8. The van der Waals surface area contributed by atoms with Crippen LogP contribution in [0, 0.1) is 5.92 Å². The largest absolute Gasteiger partial charge is 0.357 e. The van der Waals surface area contributed by atoms with Crippen LogP contribution in [0.5, 0.6) is 0 Å². The minimum Gasteiger partial charge on any atom is -0.357 e. The van der Waals surface area contributed by atoms with Gasteiger partial charge in [-0.3, -0.25) is 9.89 Å². The maximum absolute atomic E-state index is 4.93. The van der Waals surface area contributed by atoms with E-state index in [9.17, 15) is 0 Å². The monoisotopic (exact) mass is 359 g/mol. The Morgan fingerprint density at radius 1 is 1.19 bits per heavy atom. The first kappa shape index (κ1) is 20.7. The average molecular weight is 360 g/mol. The van der Waals surface area contributed by atoms with Crippen LogP contribution in [0.25, 0.3) is 0 Å². The maximum atomic E-state index is 4.93. The van der Waals surface area contributed by atoms with Gasteiger partial charge in [0, 0.05) is 19.6 Å². The molecule has 2 atom stereocenters. The Hall–Kier alpha value is -1.59. The summed E-state index contributed by atoms with van der Waals surface area (Å²) in [5, 5.41) is 6.96. The van der Waals surface area contributed by atoms with Crippen molar-refractivity contribution in [2.24, 2.45) is 10.9 Å². The van der Waals surface area contributed by atoms with Crippen molar-refractivity contribution in [1.82, 2.24) is 20.4 Å². The molecule has 1 aliphatic heterocycles. The van der Waals surface area contributed by atoms with Crippen molar-refractivity contribution in [2.75, 3.05) is 52.9 Å². The number of hydrogen-bond donors (Lipinski definition) is 2. The molecule has 5 heteroatoms. The Bertz CT molecular complexity index is 526. The lowest BCUT2D eigenvalue weighted by atomic mass is 10.1. The number of hydrogen-bond acceptors (Lipinski definition) is 3. The third-order valence-electron chi connectivity index (χ3n) is 5.25. The second-order valence-corrected chi connectivity index (χ2v) is 7.17. The minimum atomic E-state index is 0.319. The molecule has 0 spiro atoms. The lowest BCUT2D eigenvalue weighted by Gasteiger charge is -2.29. The van der Waals surface area contributed by atoms with Crippen LogP contribution in [0.2, 0.25) is 0 Å². The molecule has 0 radical (unpaired) electrons. The van der Waals surface area contributed by atoms with E-state index in [0.29, 0.717) is 6.04 Å². The molecule has 2 unspecified atom stereocenters. The third kappa shape index (κ3) is 6.29. The summed E-state index contributed by atoms with van der Waals surface area (Å²) in [5.74, 6) is 1.66. The van der Waals surface area contributed by atoms with Crippen LogP contribution < -0.4 is 10.6 Å². The molecule has 1 aliphatic rings. The van der Waals surface area contributed by atoms with Crippen molar-refractivity contribution in [3.05, 3.63) is 35.9 Å². The zero-order valence-electron chi connectivity index (χ0n) is 17.0. The second kappa shape index (κ2) is 11.2. The summed E-state index contributed by atoms with van der Waals surface area (Å²) in [4.78, 5) is 9.81. The molecular formula is C21H37N5. The second-order valence-electron chi connectivity index (χ2n) is 7.17. The van der Waals surface area contributed by atoms with E-state index >= 15 is 0 Å². The SMILES string of the molecule is CCNC(=NCC(c1ccccc1)N(CC)CC)NCC1CCN(C)C1. The number of aliphatic imine (C=N–C) groups is 1. The van der Waals surface area contributed by atoms with Crippen LogP contribution in [0.15, 0.2) is 35.3 Å². The number of likely N-dealkylation sites (tertiary alicyclic amines) is 1. The van der Waals surface area contributed by atoms with Gasteiger partial charge in [-0.05, 0) is 51.5 Å². The standard InChI is InChI=1S/C21H37N5/c1-5-22-21(23-15-18-13-14-25(4)17-18)24-16-20(26(6-2)7-3)19-11-9-8-10-12-19/h8-12,18,20H,5-7,13-17H2,1-4H3,(H2,22,23,24). The molecule has 0 saturated carbocycles. The van der Waals surface area contributed by atoms with Gasteiger partial charge in [-0.1, -0.05) is 44.2 Å². The van der Waals surface area contributed by atoms with Crippen molar-refractivity contribution < 1.29 is 0 Å². The fourth-order valence-corrected chi connectivity index (χ4v) is 3.72. The highest BCUT2D eigenvalue weighted by Crippen LogP contribution is 2.20. The highest BCUT2D eigenvalue weighted by Gasteiger charge is 2.20. The Balaban J connectivity index is 2.02. The van der Waals surface area contributed by atoms with E-state index in [1.54, 1.807) is 0 Å². The molecule has 0 aromatic heterocycles. The summed E-state index contributed by atoms with van der Waals surface area (Å²) < 4.78 is 0. The van der Waals surface area contributed by atoms with Gasteiger partial charge < -0.3 is 15.5 Å². The fourth-order valence-electron chi connectivity index (χ4n) is 3.72. The Morgan fingerprint density at radius 2 is 1.92 bits per heavy atom. The van der Waals surface area contributed by atoms with E-state index in [-0.39, 0.29) is 0 Å². The Morgan fingerprint density at radius 3 is 2.50 bits per heavy atom. The number of nitrogens with zero attached hydrogens (tertiary/aromatic N) is 3. The van der Waals surface area contributed by atoms with E-state index < -0.39 is 0 Å². The van der Waals surface area contributed by atoms with Gasteiger partial charge in [-0.15, -0.1) is 0 Å². The highest BCUT2D eigenvalue weighted by molar-refractivity contribution is 5.79. The third-order valence-corrected chi connectivity index (χ3v) is 5.25. The van der Waals surface area contributed by atoms with Crippen molar-refractivity contribution in [3.8, 4) is 0 Å². The topological polar surface area (TPSA) is 42.9 Å². The summed E-state index contributed by atoms with van der Waals surface area (Å²) in [7, 11) is 2.20. The fraction of sp³-hybridized carbons (Fsp3) is 0.667.